The summed E-state index contributed by atoms with van der Waals surface area (Å²) in [4.78, 5) is 28.4. The van der Waals surface area contributed by atoms with E-state index in [1.807, 2.05) is 24.8 Å². The van der Waals surface area contributed by atoms with E-state index in [2.05, 4.69) is 5.32 Å². The maximum Gasteiger partial charge on any atom is 0.264 e. The Morgan fingerprint density at radius 1 is 1.55 bits per heavy atom. The van der Waals surface area contributed by atoms with E-state index in [4.69, 9.17) is 0 Å². The van der Waals surface area contributed by atoms with Crippen molar-refractivity contribution in [2.75, 3.05) is 18.8 Å². The number of piperazine rings is 1. The third-order valence-corrected chi connectivity index (χ3v) is 6.05. The molecule has 1 N–H and O–H groups in total. The highest BCUT2D eigenvalue weighted by Gasteiger charge is 2.33. The topological polar surface area (TPSA) is 49.4 Å². The second kappa shape index (κ2) is 5.77. The second-order valence-electron chi connectivity index (χ2n) is 5.08. The van der Waals surface area contributed by atoms with Gasteiger partial charge in [-0.2, -0.15) is 11.8 Å². The number of rotatable bonds is 2. The lowest BCUT2D eigenvalue weighted by Crippen LogP contribution is -2.56. The van der Waals surface area contributed by atoms with Crippen LogP contribution in [0, 0.1) is 0 Å². The third-order valence-electron chi connectivity index (χ3n) is 3.82. The lowest BCUT2D eigenvalue weighted by molar-refractivity contribution is -0.127. The fourth-order valence-corrected chi connectivity index (χ4v) is 5.09. The van der Waals surface area contributed by atoms with Crippen LogP contribution in [0.25, 0.3) is 0 Å². The van der Waals surface area contributed by atoms with Gasteiger partial charge < -0.3 is 10.2 Å². The molecule has 108 valence electrons. The number of hydrogen-bond donors (Lipinski definition) is 1. The maximum absolute atomic E-state index is 12.7. The Kier molecular flexibility index (Phi) is 4.03. The number of aryl methyl sites for hydroxylation is 1. The maximum atomic E-state index is 12.7. The molecule has 0 bridgehead atoms. The predicted octanol–water partition coefficient (Wildman–Crippen LogP) is 1.89. The lowest BCUT2D eigenvalue weighted by Gasteiger charge is -2.34. The largest absolute Gasteiger partial charge is 0.353 e. The summed E-state index contributed by atoms with van der Waals surface area (Å²) >= 11 is 3.54. The summed E-state index contributed by atoms with van der Waals surface area (Å²) in [5, 5.41) is 2.84. The summed E-state index contributed by atoms with van der Waals surface area (Å²) in [5.41, 5.74) is 1.31. The minimum absolute atomic E-state index is 0.0241. The molecular formula is C14H18N2O2S2. The Bertz CT molecular complexity index is 518. The van der Waals surface area contributed by atoms with Gasteiger partial charge in [-0.05, 0) is 30.2 Å². The summed E-state index contributed by atoms with van der Waals surface area (Å²) < 4.78 is 0. The molecule has 1 saturated heterocycles. The van der Waals surface area contributed by atoms with Crippen molar-refractivity contribution in [3.63, 3.8) is 0 Å². The van der Waals surface area contributed by atoms with E-state index in [9.17, 15) is 9.59 Å². The monoisotopic (exact) mass is 310 g/mol. The van der Waals surface area contributed by atoms with E-state index in [0.717, 1.165) is 22.8 Å². The van der Waals surface area contributed by atoms with Gasteiger partial charge in [-0.15, -0.1) is 11.3 Å². The lowest BCUT2D eigenvalue weighted by atomic mass is 10.1. The molecule has 2 amide bonds. The van der Waals surface area contributed by atoms with Crippen molar-refractivity contribution >= 4 is 34.9 Å². The van der Waals surface area contributed by atoms with Gasteiger partial charge in [0.15, 0.2) is 0 Å². The molecule has 3 heterocycles. The summed E-state index contributed by atoms with van der Waals surface area (Å²) in [5.74, 6) is 2.15. The number of thiophene rings is 1. The number of nitrogens with zero attached hydrogens (tertiary/aromatic N) is 1. The minimum Gasteiger partial charge on any atom is -0.353 e. The number of carbonyl (C=O) groups excluding carboxylic acids is 2. The van der Waals surface area contributed by atoms with Gasteiger partial charge in [0.2, 0.25) is 5.91 Å². The zero-order chi connectivity index (χ0) is 14.1. The van der Waals surface area contributed by atoms with Crippen molar-refractivity contribution in [1.82, 2.24) is 10.2 Å². The first kappa shape index (κ1) is 13.9. The van der Waals surface area contributed by atoms with Gasteiger partial charge in [0.05, 0.1) is 4.88 Å². The van der Waals surface area contributed by atoms with E-state index in [1.54, 1.807) is 16.2 Å². The van der Waals surface area contributed by atoms with Gasteiger partial charge in [0, 0.05) is 23.7 Å². The van der Waals surface area contributed by atoms with Crippen molar-refractivity contribution in [1.29, 1.82) is 0 Å². The van der Waals surface area contributed by atoms with Gasteiger partial charge in [-0.3, -0.25) is 9.59 Å². The van der Waals surface area contributed by atoms with Crippen LogP contribution >= 0.6 is 23.1 Å². The van der Waals surface area contributed by atoms with Crippen LogP contribution in [0.15, 0.2) is 6.07 Å². The Balaban J connectivity index is 1.84. The van der Waals surface area contributed by atoms with Crippen LogP contribution in [0.2, 0.25) is 0 Å². The number of hydrogen-bond acceptors (Lipinski definition) is 4. The third kappa shape index (κ3) is 2.46. The fourth-order valence-electron chi connectivity index (χ4n) is 2.76. The van der Waals surface area contributed by atoms with Gasteiger partial charge in [0.1, 0.15) is 6.04 Å². The Hall–Kier alpha value is -1.01. The SMILES string of the molecule is CCC1C(=O)NCCN1C(=O)c1cc2c(s1)CCSC2. The van der Waals surface area contributed by atoms with Crippen LogP contribution in [0.5, 0.6) is 0 Å². The average molecular weight is 310 g/mol. The first-order valence-electron chi connectivity index (χ1n) is 6.98. The molecule has 4 nitrogen and oxygen atoms in total. The average Bonchev–Trinajstić information content (AvgIpc) is 2.90. The molecule has 6 heteroatoms. The van der Waals surface area contributed by atoms with Crippen molar-refractivity contribution < 1.29 is 9.59 Å². The molecule has 1 fully saturated rings. The summed E-state index contributed by atoms with van der Waals surface area (Å²) in [7, 11) is 0. The zero-order valence-electron chi connectivity index (χ0n) is 11.5. The molecule has 0 radical (unpaired) electrons. The molecular weight excluding hydrogens is 292 g/mol. The normalized spacial score (nSPS) is 22.4. The molecule has 0 spiro atoms. The first-order chi connectivity index (χ1) is 9.70. The summed E-state index contributed by atoms with van der Waals surface area (Å²) in [6.45, 7) is 3.12. The number of amides is 2. The quantitative estimate of drug-likeness (QED) is 0.907. The van der Waals surface area contributed by atoms with Crippen LogP contribution in [-0.2, 0) is 17.0 Å². The minimum atomic E-state index is -0.315. The number of nitrogens with one attached hydrogen (secondary N) is 1. The predicted molar refractivity (Wildman–Crippen MR) is 82.3 cm³/mol. The number of thioether (sulfide) groups is 1. The van der Waals surface area contributed by atoms with Crippen LogP contribution in [0.1, 0.15) is 33.5 Å². The molecule has 2 aliphatic rings. The van der Waals surface area contributed by atoms with Crippen LogP contribution in [0.4, 0.5) is 0 Å². The van der Waals surface area contributed by atoms with Crippen LogP contribution in [0.3, 0.4) is 0 Å². The molecule has 0 saturated carbocycles. The van der Waals surface area contributed by atoms with Crippen molar-refractivity contribution in [2.24, 2.45) is 0 Å². The molecule has 1 atom stereocenters. The summed E-state index contributed by atoms with van der Waals surface area (Å²) in [6.07, 6.45) is 1.73. The number of carbonyl (C=O) groups is 2. The van der Waals surface area contributed by atoms with Crippen molar-refractivity contribution in [2.45, 2.75) is 31.6 Å². The molecule has 20 heavy (non-hydrogen) atoms. The van der Waals surface area contributed by atoms with Gasteiger partial charge in [-0.25, -0.2) is 0 Å². The van der Waals surface area contributed by atoms with Gasteiger partial charge >= 0.3 is 0 Å². The van der Waals surface area contributed by atoms with Crippen LogP contribution in [-0.4, -0.2) is 41.6 Å². The highest BCUT2D eigenvalue weighted by atomic mass is 32.2. The first-order valence-corrected chi connectivity index (χ1v) is 8.96. The summed E-state index contributed by atoms with van der Waals surface area (Å²) in [6, 6.07) is 1.72. The standard InChI is InChI=1S/C14H18N2O2S2/c1-2-10-13(17)15-4-5-16(10)14(18)12-7-9-8-19-6-3-11(9)20-12/h7,10H,2-6,8H2,1H3,(H,15,17). The Morgan fingerprint density at radius 3 is 3.15 bits per heavy atom. The van der Waals surface area contributed by atoms with E-state index in [-0.39, 0.29) is 17.9 Å². The molecule has 3 rings (SSSR count). The fraction of sp³-hybridized carbons (Fsp3) is 0.571. The van der Waals surface area contributed by atoms with E-state index in [1.165, 1.54) is 10.4 Å². The molecule has 1 aromatic rings. The Morgan fingerprint density at radius 2 is 2.40 bits per heavy atom. The van der Waals surface area contributed by atoms with E-state index in [0.29, 0.717) is 19.5 Å². The van der Waals surface area contributed by atoms with E-state index < -0.39 is 0 Å². The van der Waals surface area contributed by atoms with E-state index >= 15 is 0 Å². The number of fused-ring (bicyclic) bond motifs is 1. The molecule has 1 aromatic heterocycles. The molecule has 2 aliphatic heterocycles. The molecule has 1 unspecified atom stereocenters. The van der Waals surface area contributed by atoms with Gasteiger partial charge in [-0.1, -0.05) is 6.92 Å². The molecule has 0 aromatic carbocycles. The second-order valence-corrected chi connectivity index (χ2v) is 7.32. The van der Waals surface area contributed by atoms with Crippen molar-refractivity contribution in [3.05, 3.63) is 21.4 Å². The smallest absolute Gasteiger partial charge is 0.264 e. The molecule has 0 aliphatic carbocycles. The van der Waals surface area contributed by atoms with Gasteiger partial charge in [0.25, 0.3) is 5.91 Å². The highest BCUT2D eigenvalue weighted by molar-refractivity contribution is 7.98. The van der Waals surface area contributed by atoms with Crippen molar-refractivity contribution in [3.8, 4) is 0 Å². The zero-order valence-corrected chi connectivity index (χ0v) is 13.1. The van der Waals surface area contributed by atoms with Crippen LogP contribution < -0.4 is 5.32 Å². The highest BCUT2D eigenvalue weighted by Crippen LogP contribution is 2.32. The Labute approximate surface area is 126 Å².